The monoisotopic (exact) mass is 525 g/mol. The van der Waals surface area contributed by atoms with Crippen molar-refractivity contribution in [2.45, 2.75) is 64.8 Å². The summed E-state index contributed by atoms with van der Waals surface area (Å²) in [5.41, 5.74) is 4.00. The van der Waals surface area contributed by atoms with E-state index in [0.717, 1.165) is 56.3 Å². The van der Waals surface area contributed by atoms with E-state index in [1.165, 1.54) is 16.7 Å². The molecule has 0 heterocycles. The molecule has 0 bridgehead atoms. The fourth-order valence-electron chi connectivity index (χ4n) is 4.85. The molecule has 1 aliphatic carbocycles. The molecule has 0 spiro atoms. The predicted octanol–water partition coefficient (Wildman–Crippen LogP) is 6.85. The number of benzene rings is 2. The third-order valence-electron chi connectivity index (χ3n) is 7.12. The number of halogens is 2. The van der Waals surface area contributed by atoms with Crippen molar-refractivity contribution in [3.8, 4) is 0 Å². The number of hydrogen-bond acceptors (Lipinski definition) is 2. The summed E-state index contributed by atoms with van der Waals surface area (Å²) in [6, 6.07) is 11.6. The summed E-state index contributed by atoms with van der Waals surface area (Å²) in [6.07, 6.45) is 4.00. The molecule has 0 unspecified atom stereocenters. The van der Waals surface area contributed by atoms with Crippen molar-refractivity contribution >= 4 is 33.2 Å². The summed E-state index contributed by atoms with van der Waals surface area (Å²) in [7, 11) is -3.68. The molecule has 0 amide bonds. The molecule has 2 aromatic rings. The fraction of sp³-hybridized carbons (Fsp3) is 0.556. The van der Waals surface area contributed by atoms with Gasteiger partial charge in [0.1, 0.15) is 11.4 Å². The van der Waals surface area contributed by atoms with Gasteiger partial charge in [-0.3, -0.25) is 0 Å². The van der Waals surface area contributed by atoms with Crippen molar-refractivity contribution in [2.75, 3.05) is 32.7 Å². The van der Waals surface area contributed by atoms with Gasteiger partial charge in [0.25, 0.3) is 0 Å². The molecule has 34 heavy (non-hydrogen) atoms. The Morgan fingerprint density at radius 3 is 2.24 bits per heavy atom. The highest BCUT2D eigenvalue weighted by atomic mass is 35.5. The van der Waals surface area contributed by atoms with Crippen LogP contribution in [0.2, 0.25) is 10.0 Å². The van der Waals surface area contributed by atoms with Crippen LogP contribution in [-0.2, 0) is 16.6 Å². The Morgan fingerprint density at radius 1 is 1.00 bits per heavy atom. The maximum atomic E-state index is 13.5. The zero-order valence-electron chi connectivity index (χ0n) is 21.0. The van der Waals surface area contributed by atoms with Gasteiger partial charge in [0.05, 0.1) is 29.7 Å². The summed E-state index contributed by atoms with van der Waals surface area (Å²) in [4.78, 5) is 0.115. The number of sulfonamides is 1. The van der Waals surface area contributed by atoms with Gasteiger partial charge in [0.15, 0.2) is 0 Å². The Morgan fingerprint density at radius 2 is 1.65 bits per heavy atom. The van der Waals surface area contributed by atoms with Crippen LogP contribution in [-0.4, -0.2) is 49.9 Å². The second-order valence-electron chi connectivity index (χ2n) is 9.92. The lowest BCUT2D eigenvalue weighted by molar-refractivity contribution is -0.938. The summed E-state index contributed by atoms with van der Waals surface area (Å²) in [6.45, 7) is 14.1. The molecule has 0 aromatic heterocycles. The predicted molar refractivity (Wildman–Crippen MR) is 143 cm³/mol. The molecule has 0 N–H and O–H groups in total. The first kappa shape index (κ1) is 27.5. The molecular formula is C27H39Cl2N2O2S+. The van der Waals surface area contributed by atoms with Gasteiger partial charge in [0.2, 0.25) is 10.0 Å². The van der Waals surface area contributed by atoms with Crippen molar-refractivity contribution in [1.29, 1.82) is 0 Å². The summed E-state index contributed by atoms with van der Waals surface area (Å²) < 4.78 is 29.6. The number of unbranched alkanes of at least 4 members (excludes halogenated alkanes) is 1. The lowest BCUT2D eigenvalue weighted by atomic mass is 10.1. The molecule has 188 valence electrons. The molecule has 7 heteroatoms. The van der Waals surface area contributed by atoms with Crippen LogP contribution in [0.4, 0.5) is 0 Å². The Bertz CT molecular complexity index is 1060. The summed E-state index contributed by atoms with van der Waals surface area (Å²) >= 11 is 12.4. The average molecular weight is 527 g/mol. The van der Waals surface area contributed by atoms with E-state index in [1.54, 1.807) is 22.5 Å². The number of hydrogen-bond donors (Lipinski definition) is 0. The highest BCUT2D eigenvalue weighted by Crippen LogP contribution is 2.35. The van der Waals surface area contributed by atoms with Gasteiger partial charge in [-0.25, -0.2) is 8.42 Å². The van der Waals surface area contributed by atoms with Gasteiger partial charge in [-0.05, 0) is 71.4 Å². The largest absolute Gasteiger partial charge is 0.320 e. The number of nitrogens with zero attached hydrogens (tertiary/aromatic N) is 2. The maximum Gasteiger partial charge on any atom is 0.244 e. The lowest BCUT2D eigenvalue weighted by Gasteiger charge is -2.37. The number of rotatable bonds is 13. The molecule has 1 saturated carbocycles. The Balaban J connectivity index is 1.67. The average Bonchev–Trinajstić information content (AvgIpc) is 3.60. The van der Waals surface area contributed by atoms with Gasteiger partial charge < -0.3 is 4.48 Å². The molecule has 2 aromatic carbocycles. The molecule has 0 radical (unpaired) electrons. The third-order valence-corrected chi connectivity index (χ3v) is 9.96. The number of aryl methyl sites for hydroxylation is 2. The van der Waals surface area contributed by atoms with Crippen molar-refractivity contribution in [1.82, 2.24) is 4.31 Å². The van der Waals surface area contributed by atoms with Crippen LogP contribution in [0.5, 0.6) is 0 Å². The van der Waals surface area contributed by atoms with Gasteiger partial charge in [-0.15, -0.1) is 0 Å². The van der Waals surface area contributed by atoms with Gasteiger partial charge >= 0.3 is 0 Å². The SMILES string of the molecule is CC[N+](CC)(CCCCN(CC1CC1)S(=O)(=O)c1cccc(Cl)c1Cl)Cc1cc(C)cc(C)c1. The van der Waals surface area contributed by atoms with Crippen molar-refractivity contribution < 1.29 is 12.9 Å². The van der Waals surface area contributed by atoms with E-state index in [4.69, 9.17) is 23.2 Å². The third kappa shape index (κ3) is 6.98. The second kappa shape index (κ2) is 11.7. The fourth-order valence-corrected chi connectivity index (χ4v) is 7.14. The number of quaternary nitrogens is 1. The van der Waals surface area contributed by atoms with Crippen LogP contribution in [0.15, 0.2) is 41.3 Å². The van der Waals surface area contributed by atoms with E-state index >= 15 is 0 Å². The van der Waals surface area contributed by atoms with Crippen molar-refractivity contribution in [2.24, 2.45) is 5.92 Å². The quantitative estimate of drug-likeness (QED) is 0.212. The standard InChI is InChI=1S/C27H39Cl2N2O2S/c1-5-31(6-2,20-24-17-21(3)16-22(4)18-24)15-8-7-14-30(19-23-12-13-23)34(32,33)26-11-9-10-25(28)27(26)29/h9-11,16-18,23H,5-8,12-15,19-20H2,1-4H3/q+1. The molecule has 1 aliphatic rings. The molecule has 3 rings (SSSR count). The zero-order chi connectivity index (χ0) is 24.9. The lowest BCUT2D eigenvalue weighted by Crippen LogP contribution is -2.47. The second-order valence-corrected chi connectivity index (χ2v) is 12.6. The zero-order valence-corrected chi connectivity index (χ0v) is 23.3. The van der Waals surface area contributed by atoms with Crippen LogP contribution >= 0.6 is 23.2 Å². The Kier molecular flexibility index (Phi) is 9.50. The van der Waals surface area contributed by atoms with Crippen LogP contribution in [0, 0.1) is 19.8 Å². The van der Waals surface area contributed by atoms with E-state index in [0.29, 0.717) is 19.0 Å². The van der Waals surface area contributed by atoms with E-state index in [2.05, 4.69) is 45.9 Å². The normalized spacial score (nSPS) is 14.7. The summed E-state index contributed by atoms with van der Waals surface area (Å²) in [5, 5.41) is 0.388. The Hall–Kier alpha value is -1.11. The minimum Gasteiger partial charge on any atom is -0.320 e. The minimum absolute atomic E-state index is 0.115. The highest BCUT2D eigenvalue weighted by Gasteiger charge is 2.33. The topological polar surface area (TPSA) is 37.4 Å². The van der Waals surface area contributed by atoms with E-state index in [1.807, 2.05) is 0 Å². The van der Waals surface area contributed by atoms with Gasteiger partial charge in [0, 0.05) is 18.7 Å². The highest BCUT2D eigenvalue weighted by molar-refractivity contribution is 7.89. The Labute approximate surface area is 216 Å². The van der Waals surface area contributed by atoms with Crippen LogP contribution < -0.4 is 0 Å². The van der Waals surface area contributed by atoms with Gasteiger partial charge in [-0.2, -0.15) is 4.31 Å². The van der Waals surface area contributed by atoms with E-state index in [9.17, 15) is 8.42 Å². The van der Waals surface area contributed by atoms with Crippen LogP contribution in [0.1, 0.15) is 56.2 Å². The first-order chi connectivity index (χ1) is 16.1. The minimum atomic E-state index is -3.68. The first-order valence-corrected chi connectivity index (χ1v) is 14.7. The molecule has 0 atom stereocenters. The molecule has 4 nitrogen and oxygen atoms in total. The summed E-state index contributed by atoms with van der Waals surface area (Å²) in [5.74, 6) is 0.457. The van der Waals surface area contributed by atoms with Crippen molar-refractivity contribution in [3.05, 3.63) is 63.1 Å². The molecule has 0 saturated heterocycles. The smallest absolute Gasteiger partial charge is 0.244 e. The molecular weight excluding hydrogens is 487 g/mol. The first-order valence-electron chi connectivity index (χ1n) is 12.5. The van der Waals surface area contributed by atoms with E-state index in [-0.39, 0.29) is 14.9 Å². The van der Waals surface area contributed by atoms with E-state index < -0.39 is 10.0 Å². The van der Waals surface area contributed by atoms with Crippen LogP contribution in [0.25, 0.3) is 0 Å². The van der Waals surface area contributed by atoms with Crippen LogP contribution in [0.3, 0.4) is 0 Å². The molecule has 1 fully saturated rings. The molecule has 0 aliphatic heterocycles. The van der Waals surface area contributed by atoms with Gasteiger partial charge in [-0.1, -0.05) is 58.6 Å². The van der Waals surface area contributed by atoms with Crippen molar-refractivity contribution in [3.63, 3.8) is 0 Å². The maximum absolute atomic E-state index is 13.5.